The standard InChI is InChI=1S/C4H5BrN4O2/c5-9-2-1(7-4(9)11)6-3(10)8-2/h1-2H,(H,7,11)(H2,6,8,10). The quantitative estimate of drug-likeness (QED) is 0.472. The number of halogens is 1. The summed E-state index contributed by atoms with van der Waals surface area (Å²) in [7, 11) is 0. The number of nitrogens with one attached hydrogen (secondary N) is 3. The molecule has 2 rings (SSSR count). The Balaban J connectivity index is 2.19. The molecule has 2 atom stereocenters. The fourth-order valence-corrected chi connectivity index (χ4v) is 1.54. The summed E-state index contributed by atoms with van der Waals surface area (Å²) in [5, 5.41) is 7.61. The number of fused-ring (bicyclic) bond motifs is 1. The van der Waals surface area contributed by atoms with Crippen LogP contribution in [0.5, 0.6) is 0 Å². The van der Waals surface area contributed by atoms with Crippen molar-refractivity contribution in [2.24, 2.45) is 0 Å². The normalized spacial score (nSPS) is 34.5. The molecule has 11 heavy (non-hydrogen) atoms. The lowest BCUT2D eigenvalue weighted by Gasteiger charge is -2.11. The van der Waals surface area contributed by atoms with E-state index in [1.807, 2.05) is 0 Å². The summed E-state index contributed by atoms with van der Waals surface area (Å²) in [6.07, 6.45) is -0.649. The van der Waals surface area contributed by atoms with Crippen LogP contribution in [0.3, 0.4) is 0 Å². The molecule has 0 aliphatic carbocycles. The van der Waals surface area contributed by atoms with E-state index in [1.54, 1.807) is 0 Å². The second-order valence-electron chi connectivity index (χ2n) is 2.30. The fraction of sp³-hybridized carbons (Fsp3) is 0.500. The molecule has 2 heterocycles. The number of amides is 4. The Labute approximate surface area is 70.6 Å². The molecule has 0 spiro atoms. The van der Waals surface area contributed by atoms with Gasteiger partial charge in [0.15, 0.2) is 6.17 Å². The number of nitrogens with zero attached hydrogens (tertiary/aromatic N) is 1. The van der Waals surface area contributed by atoms with Crippen LogP contribution >= 0.6 is 16.1 Å². The lowest BCUT2D eigenvalue weighted by Crippen LogP contribution is -2.39. The van der Waals surface area contributed by atoms with Crippen LogP contribution in [0, 0.1) is 0 Å². The molecule has 6 nitrogen and oxygen atoms in total. The summed E-state index contributed by atoms with van der Waals surface area (Å²) < 4.78 is 1.26. The second kappa shape index (κ2) is 2.00. The molecule has 0 aromatic carbocycles. The molecule has 0 bridgehead atoms. The van der Waals surface area contributed by atoms with Crippen LogP contribution in [-0.4, -0.2) is 28.3 Å². The van der Waals surface area contributed by atoms with E-state index in [0.717, 1.165) is 0 Å². The van der Waals surface area contributed by atoms with Crippen molar-refractivity contribution in [3.63, 3.8) is 0 Å². The van der Waals surface area contributed by atoms with E-state index in [1.165, 1.54) is 3.93 Å². The Hall–Kier alpha value is -0.980. The minimum atomic E-state index is -0.325. The van der Waals surface area contributed by atoms with Crippen molar-refractivity contribution in [2.45, 2.75) is 12.3 Å². The Morgan fingerprint density at radius 3 is 2.64 bits per heavy atom. The Bertz CT molecular complexity index is 232. The Kier molecular flexibility index (Phi) is 1.22. The first-order valence-electron chi connectivity index (χ1n) is 3.01. The zero-order chi connectivity index (χ0) is 8.01. The predicted molar refractivity (Wildman–Crippen MR) is 38.5 cm³/mol. The van der Waals surface area contributed by atoms with Crippen molar-refractivity contribution in [1.29, 1.82) is 0 Å². The lowest BCUT2D eigenvalue weighted by atomic mass is 10.4. The average molecular weight is 221 g/mol. The number of hydrogen-bond acceptors (Lipinski definition) is 2. The first-order chi connectivity index (χ1) is 5.18. The van der Waals surface area contributed by atoms with Crippen molar-refractivity contribution < 1.29 is 9.59 Å². The molecular formula is C4H5BrN4O2. The van der Waals surface area contributed by atoms with Crippen molar-refractivity contribution in [3.8, 4) is 0 Å². The lowest BCUT2D eigenvalue weighted by molar-refractivity contribution is 0.229. The maximum atomic E-state index is 10.9. The molecule has 60 valence electrons. The highest BCUT2D eigenvalue weighted by Gasteiger charge is 2.44. The fourth-order valence-electron chi connectivity index (χ4n) is 1.10. The summed E-state index contributed by atoms with van der Waals surface area (Å²) >= 11 is 3.00. The van der Waals surface area contributed by atoms with Gasteiger partial charge in [-0.05, 0) is 0 Å². The van der Waals surface area contributed by atoms with Crippen LogP contribution in [0.15, 0.2) is 0 Å². The molecule has 0 radical (unpaired) electrons. The van der Waals surface area contributed by atoms with E-state index in [4.69, 9.17) is 0 Å². The van der Waals surface area contributed by atoms with Gasteiger partial charge >= 0.3 is 12.1 Å². The van der Waals surface area contributed by atoms with Gasteiger partial charge in [-0.25, -0.2) is 13.5 Å². The van der Waals surface area contributed by atoms with Gasteiger partial charge < -0.3 is 16.0 Å². The van der Waals surface area contributed by atoms with Gasteiger partial charge in [-0.3, -0.25) is 0 Å². The van der Waals surface area contributed by atoms with Gasteiger partial charge in [-0.15, -0.1) is 0 Å². The molecule has 2 aliphatic heterocycles. The Morgan fingerprint density at radius 2 is 2.00 bits per heavy atom. The first-order valence-corrected chi connectivity index (χ1v) is 3.72. The van der Waals surface area contributed by atoms with Gasteiger partial charge in [0.25, 0.3) is 0 Å². The maximum Gasteiger partial charge on any atom is 0.331 e. The van der Waals surface area contributed by atoms with Crippen LogP contribution < -0.4 is 16.0 Å². The van der Waals surface area contributed by atoms with Crippen molar-refractivity contribution in [1.82, 2.24) is 19.9 Å². The zero-order valence-corrected chi connectivity index (χ0v) is 6.88. The largest absolute Gasteiger partial charge is 0.331 e. The van der Waals surface area contributed by atoms with Crippen molar-refractivity contribution >= 4 is 28.2 Å². The molecule has 2 saturated heterocycles. The van der Waals surface area contributed by atoms with Gasteiger partial charge in [0.05, 0.1) is 16.1 Å². The van der Waals surface area contributed by atoms with Crippen LogP contribution in [0.1, 0.15) is 0 Å². The van der Waals surface area contributed by atoms with Crippen LogP contribution in [0.2, 0.25) is 0 Å². The summed E-state index contributed by atoms with van der Waals surface area (Å²) in [4.78, 5) is 21.6. The summed E-state index contributed by atoms with van der Waals surface area (Å²) in [5.41, 5.74) is 0. The topological polar surface area (TPSA) is 73.5 Å². The van der Waals surface area contributed by atoms with Crippen molar-refractivity contribution in [3.05, 3.63) is 0 Å². The van der Waals surface area contributed by atoms with E-state index in [-0.39, 0.29) is 24.4 Å². The Morgan fingerprint density at radius 1 is 1.27 bits per heavy atom. The maximum absolute atomic E-state index is 10.9. The van der Waals surface area contributed by atoms with Crippen LogP contribution in [-0.2, 0) is 0 Å². The molecule has 0 aromatic heterocycles. The highest BCUT2D eigenvalue weighted by Crippen LogP contribution is 2.16. The number of urea groups is 2. The number of rotatable bonds is 0. The van der Waals surface area contributed by atoms with Crippen LogP contribution in [0.4, 0.5) is 9.59 Å². The van der Waals surface area contributed by atoms with Crippen molar-refractivity contribution in [2.75, 3.05) is 0 Å². The predicted octanol–water partition coefficient (Wildman–Crippen LogP) is -0.714. The minimum Gasteiger partial charge on any atom is -0.314 e. The third-order valence-corrected chi connectivity index (χ3v) is 2.36. The van der Waals surface area contributed by atoms with E-state index in [2.05, 4.69) is 32.1 Å². The van der Waals surface area contributed by atoms with E-state index in [9.17, 15) is 9.59 Å². The van der Waals surface area contributed by atoms with Crippen LogP contribution in [0.25, 0.3) is 0 Å². The average Bonchev–Trinajstić information content (AvgIpc) is 2.37. The summed E-state index contributed by atoms with van der Waals surface area (Å²) in [6, 6.07) is -0.531. The SMILES string of the molecule is O=C1NC2NC(=O)N(Br)C2N1. The first kappa shape index (κ1) is 6.71. The number of carbonyl (C=O) groups is 2. The second-order valence-corrected chi connectivity index (χ2v) is 3.07. The van der Waals surface area contributed by atoms with E-state index < -0.39 is 0 Å². The highest BCUT2D eigenvalue weighted by molar-refractivity contribution is 9.07. The minimum absolute atomic E-state index is 0.257. The number of carbonyl (C=O) groups excluding carboxylic acids is 2. The monoisotopic (exact) mass is 220 g/mol. The van der Waals surface area contributed by atoms with Gasteiger partial charge in [0, 0.05) is 0 Å². The molecule has 2 fully saturated rings. The third-order valence-electron chi connectivity index (χ3n) is 1.60. The molecule has 3 N–H and O–H groups in total. The molecule has 0 saturated carbocycles. The number of hydrogen-bond donors (Lipinski definition) is 3. The van der Waals surface area contributed by atoms with E-state index in [0.29, 0.717) is 0 Å². The summed E-state index contributed by atoms with van der Waals surface area (Å²) in [5.74, 6) is 0. The molecule has 2 aliphatic rings. The molecule has 7 heteroatoms. The molecule has 2 unspecified atom stereocenters. The van der Waals surface area contributed by atoms with Gasteiger partial charge in [-0.2, -0.15) is 0 Å². The smallest absolute Gasteiger partial charge is 0.314 e. The van der Waals surface area contributed by atoms with Gasteiger partial charge in [-0.1, -0.05) is 0 Å². The van der Waals surface area contributed by atoms with Gasteiger partial charge in [0.2, 0.25) is 0 Å². The third kappa shape index (κ3) is 0.839. The molecule has 0 aromatic rings. The summed E-state index contributed by atoms with van der Waals surface area (Å²) in [6.45, 7) is 0. The molecular weight excluding hydrogens is 216 g/mol. The van der Waals surface area contributed by atoms with Gasteiger partial charge in [0.1, 0.15) is 6.17 Å². The zero-order valence-electron chi connectivity index (χ0n) is 5.30. The van der Waals surface area contributed by atoms with E-state index >= 15 is 0 Å². The molecule has 4 amide bonds. The highest BCUT2D eigenvalue weighted by atomic mass is 79.9.